The standard InChI is InChI=1S/C6H8.C2H3F3/c1-2-4-6-5-3-1;1-2(3,4)5/h1-4H,5-6H2;1H3. The molecule has 11 heavy (non-hydrogen) atoms. The second-order valence-corrected chi connectivity index (χ2v) is 2.21. The predicted molar refractivity (Wildman–Crippen MR) is 39.2 cm³/mol. The van der Waals surface area contributed by atoms with Crippen LogP contribution in [-0.2, 0) is 0 Å². The Balaban J connectivity index is 0.000000187. The van der Waals surface area contributed by atoms with Gasteiger partial charge in [0.1, 0.15) is 0 Å². The summed E-state index contributed by atoms with van der Waals surface area (Å²) in [5.74, 6) is 0. The minimum atomic E-state index is -4.00. The van der Waals surface area contributed by atoms with Gasteiger partial charge >= 0.3 is 6.18 Å². The molecule has 0 spiro atoms. The first-order valence-electron chi connectivity index (χ1n) is 3.38. The van der Waals surface area contributed by atoms with Crippen LogP contribution in [0.1, 0.15) is 19.8 Å². The van der Waals surface area contributed by atoms with Crippen LogP contribution in [0.3, 0.4) is 0 Å². The third-order valence-corrected chi connectivity index (χ3v) is 0.883. The first-order valence-corrected chi connectivity index (χ1v) is 3.38. The summed E-state index contributed by atoms with van der Waals surface area (Å²) in [5, 5.41) is 0. The molecule has 0 fully saturated rings. The van der Waals surface area contributed by atoms with E-state index in [-0.39, 0.29) is 6.92 Å². The van der Waals surface area contributed by atoms with Gasteiger partial charge in [-0.3, -0.25) is 0 Å². The second-order valence-electron chi connectivity index (χ2n) is 2.21. The van der Waals surface area contributed by atoms with Gasteiger partial charge in [0.25, 0.3) is 0 Å². The summed E-state index contributed by atoms with van der Waals surface area (Å²) in [6, 6.07) is 0. The molecule has 1 aliphatic carbocycles. The van der Waals surface area contributed by atoms with E-state index >= 15 is 0 Å². The van der Waals surface area contributed by atoms with Gasteiger partial charge in [-0.15, -0.1) is 0 Å². The summed E-state index contributed by atoms with van der Waals surface area (Å²) >= 11 is 0. The number of hydrogen-bond donors (Lipinski definition) is 0. The molecular weight excluding hydrogens is 153 g/mol. The SMILES string of the molecule is C1=CCCC=C1.CC(F)(F)F. The molecule has 1 rings (SSSR count). The van der Waals surface area contributed by atoms with Crippen LogP contribution in [0.2, 0.25) is 0 Å². The monoisotopic (exact) mass is 164 g/mol. The smallest absolute Gasteiger partial charge is 0.172 e. The predicted octanol–water partition coefficient (Wildman–Crippen LogP) is 3.46. The van der Waals surface area contributed by atoms with Crippen LogP contribution >= 0.6 is 0 Å². The Bertz CT molecular complexity index is 124. The molecule has 0 nitrogen and oxygen atoms in total. The lowest BCUT2D eigenvalue weighted by Gasteiger charge is -1.88. The molecule has 64 valence electrons. The Kier molecular flexibility index (Phi) is 4.66. The van der Waals surface area contributed by atoms with E-state index in [1.165, 1.54) is 12.8 Å². The third-order valence-electron chi connectivity index (χ3n) is 0.883. The van der Waals surface area contributed by atoms with Crippen molar-refractivity contribution in [1.82, 2.24) is 0 Å². The molecule has 0 heterocycles. The Morgan fingerprint density at radius 2 is 1.27 bits per heavy atom. The molecule has 0 aromatic heterocycles. The number of hydrogen-bond acceptors (Lipinski definition) is 0. The highest BCUT2D eigenvalue weighted by atomic mass is 19.4. The van der Waals surface area contributed by atoms with Gasteiger partial charge in [0.15, 0.2) is 0 Å². The summed E-state index contributed by atoms with van der Waals surface area (Å²) in [5.41, 5.74) is 0. The van der Waals surface area contributed by atoms with Crippen LogP contribution < -0.4 is 0 Å². The number of allylic oxidation sites excluding steroid dienone is 4. The van der Waals surface area contributed by atoms with Gasteiger partial charge in [0.05, 0.1) is 0 Å². The average Bonchev–Trinajstić information content (AvgIpc) is 1.88. The van der Waals surface area contributed by atoms with Crippen molar-refractivity contribution in [1.29, 1.82) is 0 Å². The fraction of sp³-hybridized carbons (Fsp3) is 0.500. The molecule has 0 bridgehead atoms. The fourth-order valence-corrected chi connectivity index (χ4v) is 0.542. The van der Waals surface area contributed by atoms with Crippen molar-refractivity contribution in [3.63, 3.8) is 0 Å². The van der Waals surface area contributed by atoms with Gasteiger partial charge in [-0.05, 0) is 12.8 Å². The summed E-state index contributed by atoms with van der Waals surface area (Å²) in [6.07, 6.45) is 7.00. The lowest BCUT2D eigenvalue weighted by Crippen LogP contribution is -1.95. The van der Waals surface area contributed by atoms with Crippen molar-refractivity contribution in [2.45, 2.75) is 25.9 Å². The molecule has 3 heteroatoms. The Morgan fingerprint density at radius 3 is 1.36 bits per heavy atom. The molecular formula is C8H11F3. The molecule has 0 aromatic carbocycles. The van der Waals surface area contributed by atoms with Gasteiger partial charge in [0.2, 0.25) is 0 Å². The maximum atomic E-state index is 10.4. The zero-order valence-electron chi connectivity index (χ0n) is 6.36. The molecule has 0 saturated heterocycles. The van der Waals surface area contributed by atoms with E-state index in [4.69, 9.17) is 0 Å². The lowest BCUT2D eigenvalue weighted by atomic mass is 10.2. The van der Waals surface area contributed by atoms with E-state index in [0.29, 0.717) is 0 Å². The quantitative estimate of drug-likeness (QED) is 0.514. The van der Waals surface area contributed by atoms with Crippen LogP contribution in [0, 0.1) is 0 Å². The van der Waals surface area contributed by atoms with Crippen LogP contribution in [0.15, 0.2) is 24.3 Å². The summed E-state index contributed by atoms with van der Waals surface area (Å²) < 4.78 is 31.1. The molecule has 0 amide bonds. The van der Waals surface area contributed by atoms with Crippen molar-refractivity contribution in [3.05, 3.63) is 24.3 Å². The molecule has 0 saturated carbocycles. The highest BCUT2D eigenvalue weighted by Gasteiger charge is 2.15. The molecule has 0 N–H and O–H groups in total. The minimum absolute atomic E-state index is 0.188. The molecule has 0 aliphatic heterocycles. The van der Waals surface area contributed by atoms with E-state index < -0.39 is 6.18 Å². The van der Waals surface area contributed by atoms with Crippen molar-refractivity contribution >= 4 is 0 Å². The van der Waals surface area contributed by atoms with Gasteiger partial charge in [-0.1, -0.05) is 24.3 Å². The lowest BCUT2D eigenvalue weighted by molar-refractivity contribution is -0.110. The fourth-order valence-electron chi connectivity index (χ4n) is 0.542. The molecule has 0 unspecified atom stereocenters. The van der Waals surface area contributed by atoms with Crippen LogP contribution in [0.4, 0.5) is 13.2 Å². The van der Waals surface area contributed by atoms with Crippen molar-refractivity contribution in [2.75, 3.05) is 0 Å². The zero-order chi connectivity index (χ0) is 8.74. The zero-order valence-corrected chi connectivity index (χ0v) is 6.36. The first-order chi connectivity index (χ1) is 5.00. The Morgan fingerprint density at radius 1 is 1.00 bits per heavy atom. The van der Waals surface area contributed by atoms with Gasteiger partial charge in [-0.2, -0.15) is 13.2 Å². The maximum Gasteiger partial charge on any atom is 0.386 e. The third kappa shape index (κ3) is 17.6. The van der Waals surface area contributed by atoms with Crippen molar-refractivity contribution in [2.24, 2.45) is 0 Å². The molecule has 0 atom stereocenters. The summed E-state index contributed by atoms with van der Waals surface area (Å²) in [4.78, 5) is 0. The van der Waals surface area contributed by atoms with E-state index in [0.717, 1.165) is 0 Å². The maximum absolute atomic E-state index is 10.4. The second kappa shape index (κ2) is 4.99. The number of alkyl halides is 3. The van der Waals surface area contributed by atoms with Gasteiger partial charge in [0, 0.05) is 6.92 Å². The van der Waals surface area contributed by atoms with Crippen LogP contribution in [0.5, 0.6) is 0 Å². The van der Waals surface area contributed by atoms with Crippen LogP contribution in [0.25, 0.3) is 0 Å². The Hall–Kier alpha value is -0.730. The molecule has 1 aliphatic rings. The highest BCUT2D eigenvalue weighted by Crippen LogP contribution is 2.10. The van der Waals surface area contributed by atoms with E-state index in [9.17, 15) is 13.2 Å². The summed E-state index contributed by atoms with van der Waals surface area (Å²) in [7, 11) is 0. The Labute approximate surface area is 64.4 Å². The summed E-state index contributed by atoms with van der Waals surface area (Å²) in [6.45, 7) is 0.188. The first kappa shape index (κ1) is 10.3. The highest BCUT2D eigenvalue weighted by molar-refractivity contribution is 5.07. The topological polar surface area (TPSA) is 0 Å². The van der Waals surface area contributed by atoms with Gasteiger partial charge in [-0.25, -0.2) is 0 Å². The average molecular weight is 164 g/mol. The number of halogens is 3. The minimum Gasteiger partial charge on any atom is -0.172 e. The van der Waals surface area contributed by atoms with Crippen molar-refractivity contribution in [3.8, 4) is 0 Å². The largest absolute Gasteiger partial charge is 0.386 e. The van der Waals surface area contributed by atoms with E-state index in [2.05, 4.69) is 24.3 Å². The normalized spacial score (nSPS) is 15.6. The number of rotatable bonds is 0. The van der Waals surface area contributed by atoms with E-state index in [1.807, 2.05) is 0 Å². The molecule has 0 radical (unpaired) electrons. The van der Waals surface area contributed by atoms with Crippen LogP contribution in [-0.4, -0.2) is 6.18 Å². The van der Waals surface area contributed by atoms with Gasteiger partial charge < -0.3 is 0 Å². The van der Waals surface area contributed by atoms with E-state index in [1.54, 1.807) is 0 Å². The van der Waals surface area contributed by atoms with Crippen molar-refractivity contribution < 1.29 is 13.2 Å². The molecule has 0 aromatic rings.